The fraction of sp³-hybridized carbons (Fsp3) is 0.278. The summed E-state index contributed by atoms with van der Waals surface area (Å²) in [5.41, 5.74) is 6.07. The highest BCUT2D eigenvalue weighted by Gasteiger charge is 2.27. The largest absolute Gasteiger partial charge is 0.299 e. The predicted molar refractivity (Wildman–Crippen MR) is 103 cm³/mol. The molecule has 1 unspecified atom stereocenters. The molecule has 8 heteroatoms. The van der Waals surface area contributed by atoms with Crippen LogP contribution in [0, 0.1) is 0 Å². The SMILES string of the molecule is CC(Sc1ccccc1)C(=O)NNc1ccc(S(=O)(=O)NC2CC2)cc1. The first kappa shape index (κ1) is 18.8. The third-order valence-electron chi connectivity index (χ3n) is 3.82. The Hall–Kier alpha value is -2.03. The standard InChI is InChI=1S/C18H21N3O3S2/c1-13(25-16-5-3-2-4-6-16)18(22)20-19-14-9-11-17(12-10-14)26(23,24)21-15-7-8-15/h2-6,9-13,15,19,21H,7-8H2,1H3,(H,20,22). The molecule has 0 aliphatic heterocycles. The van der Waals surface area contributed by atoms with E-state index in [0.717, 1.165) is 17.7 Å². The van der Waals surface area contributed by atoms with E-state index < -0.39 is 10.0 Å². The molecule has 6 nitrogen and oxygen atoms in total. The second kappa shape index (κ2) is 8.11. The van der Waals surface area contributed by atoms with Gasteiger partial charge in [0.15, 0.2) is 0 Å². The molecule has 138 valence electrons. The summed E-state index contributed by atoms with van der Waals surface area (Å²) in [5.74, 6) is -0.161. The molecule has 3 rings (SSSR count). The Morgan fingerprint density at radius 1 is 1.08 bits per heavy atom. The number of hydrazine groups is 1. The van der Waals surface area contributed by atoms with Crippen LogP contribution in [0.1, 0.15) is 19.8 Å². The molecule has 1 amide bonds. The summed E-state index contributed by atoms with van der Waals surface area (Å²) in [6.07, 6.45) is 1.79. The second-order valence-corrected chi connectivity index (χ2v) is 9.24. The number of rotatable bonds is 8. The molecule has 0 radical (unpaired) electrons. The van der Waals surface area contributed by atoms with Crippen LogP contribution >= 0.6 is 11.8 Å². The maximum atomic E-state index is 12.2. The van der Waals surface area contributed by atoms with Crippen molar-refractivity contribution in [2.75, 3.05) is 5.43 Å². The van der Waals surface area contributed by atoms with Crippen molar-refractivity contribution in [1.29, 1.82) is 0 Å². The van der Waals surface area contributed by atoms with Crippen molar-refractivity contribution >= 4 is 33.4 Å². The zero-order valence-electron chi connectivity index (χ0n) is 14.3. The molecule has 1 atom stereocenters. The van der Waals surface area contributed by atoms with Gasteiger partial charge in [-0.05, 0) is 56.2 Å². The number of nitrogens with one attached hydrogen (secondary N) is 3. The number of thioether (sulfide) groups is 1. The molecule has 1 aliphatic carbocycles. The topological polar surface area (TPSA) is 87.3 Å². The van der Waals surface area contributed by atoms with E-state index in [9.17, 15) is 13.2 Å². The number of benzene rings is 2. The molecule has 1 saturated carbocycles. The first-order valence-electron chi connectivity index (χ1n) is 8.34. The summed E-state index contributed by atoms with van der Waals surface area (Å²) in [6, 6.07) is 16.0. The molecule has 1 aliphatic rings. The quantitative estimate of drug-likeness (QED) is 0.476. The van der Waals surface area contributed by atoms with Crippen LogP contribution in [0.3, 0.4) is 0 Å². The van der Waals surface area contributed by atoms with E-state index in [4.69, 9.17) is 0 Å². The van der Waals surface area contributed by atoms with Crippen LogP contribution in [0.2, 0.25) is 0 Å². The van der Waals surface area contributed by atoms with E-state index in [1.807, 2.05) is 37.3 Å². The van der Waals surface area contributed by atoms with Crippen molar-refractivity contribution in [2.24, 2.45) is 0 Å². The maximum Gasteiger partial charge on any atom is 0.251 e. The number of hydrogen-bond acceptors (Lipinski definition) is 5. The average Bonchev–Trinajstić information content (AvgIpc) is 3.44. The lowest BCUT2D eigenvalue weighted by atomic mass is 10.3. The van der Waals surface area contributed by atoms with Crippen LogP contribution in [0.5, 0.6) is 0 Å². The van der Waals surface area contributed by atoms with Crippen LogP contribution in [0.15, 0.2) is 64.4 Å². The van der Waals surface area contributed by atoms with E-state index in [0.29, 0.717) is 5.69 Å². The Morgan fingerprint density at radius 2 is 1.73 bits per heavy atom. The molecule has 0 aromatic heterocycles. The zero-order chi connectivity index (χ0) is 18.6. The lowest BCUT2D eigenvalue weighted by Gasteiger charge is -2.14. The number of hydrogen-bond donors (Lipinski definition) is 3. The summed E-state index contributed by atoms with van der Waals surface area (Å²) < 4.78 is 26.9. The molecule has 0 heterocycles. The molecule has 1 fully saturated rings. The Kier molecular flexibility index (Phi) is 5.85. The lowest BCUT2D eigenvalue weighted by Crippen LogP contribution is -2.35. The third-order valence-corrected chi connectivity index (χ3v) is 6.47. The Bertz CT molecular complexity index is 851. The van der Waals surface area contributed by atoms with E-state index in [-0.39, 0.29) is 22.1 Å². The number of carbonyl (C=O) groups is 1. The zero-order valence-corrected chi connectivity index (χ0v) is 15.9. The van der Waals surface area contributed by atoms with Crippen LogP contribution in [-0.2, 0) is 14.8 Å². The number of carbonyl (C=O) groups excluding carboxylic acids is 1. The van der Waals surface area contributed by atoms with Gasteiger partial charge in [-0.1, -0.05) is 18.2 Å². The van der Waals surface area contributed by atoms with Crippen molar-refractivity contribution in [2.45, 2.75) is 40.8 Å². The van der Waals surface area contributed by atoms with Gasteiger partial charge in [0.05, 0.1) is 15.8 Å². The maximum absolute atomic E-state index is 12.2. The number of sulfonamides is 1. The summed E-state index contributed by atoms with van der Waals surface area (Å²) in [5, 5.41) is -0.271. The highest BCUT2D eigenvalue weighted by Crippen LogP contribution is 2.24. The molecular weight excluding hydrogens is 370 g/mol. The van der Waals surface area contributed by atoms with Gasteiger partial charge in [0.25, 0.3) is 5.91 Å². The first-order valence-corrected chi connectivity index (χ1v) is 10.7. The Labute approximate surface area is 157 Å². The summed E-state index contributed by atoms with van der Waals surface area (Å²) in [7, 11) is -3.46. The van der Waals surface area contributed by atoms with Crippen molar-refractivity contribution in [3.63, 3.8) is 0 Å². The predicted octanol–water partition coefficient (Wildman–Crippen LogP) is 2.75. The molecule has 0 bridgehead atoms. The van der Waals surface area contributed by atoms with Gasteiger partial charge in [0.2, 0.25) is 10.0 Å². The first-order chi connectivity index (χ1) is 12.4. The monoisotopic (exact) mass is 391 g/mol. The summed E-state index contributed by atoms with van der Waals surface area (Å²) >= 11 is 1.46. The van der Waals surface area contributed by atoms with Crippen LogP contribution < -0.4 is 15.6 Å². The van der Waals surface area contributed by atoms with E-state index in [1.54, 1.807) is 12.1 Å². The van der Waals surface area contributed by atoms with Crippen molar-refractivity contribution in [3.05, 3.63) is 54.6 Å². The molecule has 3 N–H and O–H groups in total. The van der Waals surface area contributed by atoms with Gasteiger partial charge in [-0.15, -0.1) is 11.8 Å². The second-order valence-electron chi connectivity index (χ2n) is 6.11. The van der Waals surface area contributed by atoms with Gasteiger partial charge >= 0.3 is 0 Å². The van der Waals surface area contributed by atoms with E-state index in [1.165, 1.54) is 23.9 Å². The molecule has 2 aromatic carbocycles. The minimum Gasteiger partial charge on any atom is -0.299 e. The minimum atomic E-state index is -3.46. The van der Waals surface area contributed by atoms with E-state index >= 15 is 0 Å². The Morgan fingerprint density at radius 3 is 2.35 bits per heavy atom. The summed E-state index contributed by atoms with van der Waals surface area (Å²) in [4.78, 5) is 13.4. The average molecular weight is 392 g/mol. The van der Waals surface area contributed by atoms with Gasteiger partial charge in [-0.2, -0.15) is 0 Å². The fourth-order valence-corrected chi connectivity index (χ4v) is 4.39. The van der Waals surface area contributed by atoms with Crippen molar-refractivity contribution in [1.82, 2.24) is 10.1 Å². The molecule has 0 saturated heterocycles. The van der Waals surface area contributed by atoms with Gasteiger partial charge in [0, 0.05) is 10.9 Å². The molecule has 0 spiro atoms. The normalized spacial score (nSPS) is 15.3. The third kappa shape index (κ3) is 5.23. The smallest absolute Gasteiger partial charge is 0.251 e. The Balaban J connectivity index is 1.51. The van der Waals surface area contributed by atoms with E-state index in [2.05, 4.69) is 15.6 Å². The van der Waals surface area contributed by atoms with Gasteiger partial charge in [0.1, 0.15) is 0 Å². The molecular formula is C18H21N3O3S2. The van der Waals surface area contributed by atoms with Crippen LogP contribution in [-0.4, -0.2) is 25.6 Å². The molecule has 26 heavy (non-hydrogen) atoms. The fourth-order valence-electron chi connectivity index (χ4n) is 2.20. The number of anilines is 1. The van der Waals surface area contributed by atoms with Gasteiger partial charge in [-0.3, -0.25) is 15.6 Å². The summed E-state index contributed by atoms with van der Waals surface area (Å²) in [6.45, 7) is 1.83. The van der Waals surface area contributed by atoms with Gasteiger partial charge in [-0.25, -0.2) is 13.1 Å². The van der Waals surface area contributed by atoms with Gasteiger partial charge < -0.3 is 0 Å². The molecule has 2 aromatic rings. The number of amides is 1. The minimum absolute atomic E-state index is 0.0701. The lowest BCUT2D eigenvalue weighted by molar-refractivity contribution is -0.119. The highest BCUT2D eigenvalue weighted by atomic mass is 32.2. The van der Waals surface area contributed by atoms with Crippen molar-refractivity contribution < 1.29 is 13.2 Å². The van der Waals surface area contributed by atoms with Crippen LogP contribution in [0.4, 0.5) is 5.69 Å². The van der Waals surface area contributed by atoms with Crippen LogP contribution in [0.25, 0.3) is 0 Å². The van der Waals surface area contributed by atoms with Crippen molar-refractivity contribution in [3.8, 4) is 0 Å². The highest BCUT2D eigenvalue weighted by molar-refractivity contribution is 8.00.